The highest BCUT2D eigenvalue weighted by molar-refractivity contribution is 5.21. The van der Waals surface area contributed by atoms with Gasteiger partial charge in [0.25, 0.3) is 0 Å². The summed E-state index contributed by atoms with van der Waals surface area (Å²) in [7, 11) is 0. The number of likely N-dealkylation sites (tertiary alicyclic amines) is 1. The molecule has 162 valence electrons. The fourth-order valence-electron chi connectivity index (χ4n) is 5.48. The van der Waals surface area contributed by atoms with E-state index in [-0.39, 0.29) is 17.9 Å². The van der Waals surface area contributed by atoms with Crippen molar-refractivity contribution in [3.8, 4) is 11.8 Å². The van der Waals surface area contributed by atoms with Gasteiger partial charge in [-0.3, -0.25) is 0 Å². The average molecular weight is 400 g/mol. The quantitative estimate of drug-likeness (QED) is 0.322. The Balaban J connectivity index is 1.40. The number of unbranched alkanes of at least 4 members (excludes halogenated alkanes) is 2. The van der Waals surface area contributed by atoms with Gasteiger partial charge in [-0.2, -0.15) is 0 Å². The first-order valence-corrected chi connectivity index (χ1v) is 11.9. The van der Waals surface area contributed by atoms with Gasteiger partial charge in [-0.15, -0.1) is 11.8 Å². The van der Waals surface area contributed by atoms with E-state index in [1.165, 1.54) is 58.2 Å². The predicted octanol–water partition coefficient (Wildman–Crippen LogP) is 4.55. The lowest BCUT2D eigenvalue weighted by Crippen LogP contribution is -2.20. The molecule has 6 atom stereocenters. The molecule has 0 aromatic rings. The normalized spacial score (nSPS) is 31.5. The number of hydrogen-bond donors (Lipinski definition) is 2. The van der Waals surface area contributed by atoms with E-state index in [4.69, 9.17) is 0 Å². The van der Waals surface area contributed by atoms with Crippen LogP contribution in [-0.2, 0) is 0 Å². The van der Waals surface area contributed by atoms with E-state index >= 15 is 0 Å². The minimum atomic E-state index is -0.480. The fourth-order valence-corrected chi connectivity index (χ4v) is 5.48. The lowest BCUT2D eigenvalue weighted by molar-refractivity contribution is 0.137. The Morgan fingerprint density at radius 3 is 2.79 bits per heavy atom. The first-order chi connectivity index (χ1) is 14.1. The Labute approximate surface area is 178 Å². The molecule has 1 saturated carbocycles. The molecule has 3 aliphatic rings. The molecule has 0 aromatic carbocycles. The maximum atomic E-state index is 10.5. The van der Waals surface area contributed by atoms with Crippen molar-refractivity contribution >= 4 is 0 Å². The maximum absolute atomic E-state index is 10.5. The molecule has 2 aliphatic carbocycles. The van der Waals surface area contributed by atoms with Gasteiger partial charge in [0.1, 0.15) is 0 Å². The second-order valence-corrected chi connectivity index (χ2v) is 9.58. The number of aliphatic hydroxyl groups is 2. The van der Waals surface area contributed by atoms with Gasteiger partial charge in [0.15, 0.2) is 0 Å². The van der Waals surface area contributed by atoms with Crippen LogP contribution >= 0.6 is 0 Å². The average Bonchev–Trinajstić information content (AvgIpc) is 3.41. The van der Waals surface area contributed by atoms with Crippen LogP contribution in [0.4, 0.5) is 0 Å². The molecule has 0 spiro atoms. The van der Waals surface area contributed by atoms with Gasteiger partial charge in [0.05, 0.1) is 12.2 Å². The number of fused-ring (bicyclic) bond motifs is 1. The van der Waals surface area contributed by atoms with Crippen molar-refractivity contribution in [1.82, 2.24) is 4.90 Å². The molecule has 0 aromatic heterocycles. The Morgan fingerprint density at radius 2 is 2.03 bits per heavy atom. The van der Waals surface area contributed by atoms with Crippen LogP contribution in [0, 0.1) is 35.5 Å². The molecular formula is C26H41NO2. The fraction of sp³-hybridized carbons (Fsp3) is 0.769. The summed E-state index contributed by atoms with van der Waals surface area (Å²) in [6.45, 7) is 7.78. The molecule has 3 nitrogen and oxygen atoms in total. The summed E-state index contributed by atoms with van der Waals surface area (Å²) < 4.78 is 0. The third-order valence-electron chi connectivity index (χ3n) is 7.34. The molecule has 2 N–H and O–H groups in total. The number of allylic oxidation sites excluding steroid dienone is 2. The first kappa shape index (κ1) is 22.6. The number of nitrogens with zero attached hydrogens (tertiary/aromatic N) is 1. The van der Waals surface area contributed by atoms with Crippen molar-refractivity contribution in [2.24, 2.45) is 23.7 Å². The van der Waals surface area contributed by atoms with Crippen LogP contribution in [0.5, 0.6) is 0 Å². The van der Waals surface area contributed by atoms with Crippen molar-refractivity contribution < 1.29 is 10.2 Å². The summed E-state index contributed by atoms with van der Waals surface area (Å²) in [6, 6.07) is 0. The van der Waals surface area contributed by atoms with E-state index in [0.29, 0.717) is 18.3 Å². The predicted molar refractivity (Wildman–Crippen MR) is 120 cm³/mol. The largest absolute Gasteiger partial charge is 0.392 e. The van der Waals surface area contributed by atoms with Crippen LogP contribution in [0.1, 0.15) is 71.6 Å². The van der Waals surface area contributed by atoms with E-state index in [1.54, 1.807) is 5.57 Å². The smallest absolute Gasteiger partial charge is 0.0755 e. The summed E-state index contributed by atoms with van der Waals surface area (Å²) in [6.07, 6.45) is 16.4. The van der Waals surface area contributed by atoms with Crippen LogP contribution in [-0.4, -0.2) is 47.0 Å². The van der Waals surface area contributed by atoms with Crippen LogP contribution in [0.3, 0.4) is 0 Å². The molecule has 3 rings (SSSR count). The Kier molecular flexibility index (Phi) is 8.85. The summed E-state index contributed by atoms with van der Waals surface area (Å²) in [4.78, 5) is 2.61. The van der Waals surface area contributed by atoms with Gasteiger partial charge >= 0.3 is 0 Å². The van der Waals surface area contributed by atoms with Crippen LogP contribution in [0.25, 0.3) is 0 Å². The summed E-state index contributed by atoms with van der Waals surface area (Å²) in [5, 5.41) is 20.9. The summed E-state index contributed by atoms with van der Waals surface area (Å²) in [5.74, 6) is 7.31. The highest BCUT2D eigenvalue weighted by Crippen LogP contribution is 2.48. The molecule has 0 amide bonds. The Bertz CT molecular complexity index is 622. The molecule has 1 saturated heterocycles. The van der Waals surface area contributed by atoms with E-state index in [2.05, 4.69) is 28.9 Å². The van der Waals surface area contributed by atoms with E-state index in [0.717, 1.165) is 12.8 Å². The highest BCUT2D eigenvalue weighted by atomic mass is 16.3. The molecular weight excluding hydrogens is 358 g/mol. The Morgan fingerprint density at radius 1 is 1.24 bits per heavy atom. The lowest BCUT2D eigenvalue weighted by atomic mass is 9.88. The van der Waals surface area contributed by atoms with Crippen molar-refractivity contribution in [3.05, 3.63) is 23.8 Å². The Hall–Kier alpha value is -1.08. The molecule has 3 heteroatoms. The van der Waals surface area contributed by atoms with Gasteiger partial charge in [0.2, 0.25) is 0 Å². The molecule has 0 unspecified atom stereocenters. The van der Waals surface area contributed by atoms with Crippen molar-refractivity contribution in [3.63, 3.8) is 0 Å². The minimum absolute atomic E-state index is 0.130. The van der Waals surface area contributed by atoms with E-state index < -0.39 is 6.10 Å². The van der Waals surface area contributed by atoms with Crippen molar-refractivity contribution in [2.75, 3.05) is 19.6 Å². The zero-order valence-corrected chi connectivity index (χ0v) is 18.5. The maximum Gasteiger partial charge on any atom is 0.0755 e. The topological polar surface area (TPSA) is 43.7 Å². The number of hydrogen-bond acceptors (Lipinski definition) is 3. The monoisotopic (exact) mass is 399 g/mol. The summed E-state index contributed by atoms with van der Waals surface area (Å²) in [5.41, 5.74) is 1.61. The van der Waals surface area contributed by atoms with Crippen molar-refractivity contribution in [2.45, 2.75) is 83.8 Å². The molecule has 2 fully saturated rings. The minimum Gasteiger partial charge on any atom is -0.392 e. The van der Waals surface area contributed by atoms with Gasteiger partial charge in [-0.05, 0) is 89.3 Å². The van der Waals surface area contributed by atoms with E-state index in [1.807, 2.05) is 19.9 Å². The number of aliphatic hydroxyl groups excluding tert-OH is 2. The SMILES string of the molecule is CC#CC[C@@H](C)[C@H](O)/C=C/[C@@H]1[C@H]2CC(CCCCCN3CCCC3)=C[C@H]2C[C@H]1O. The van der Waals surface area contributed by atoms with Gasteiger partial charge in [-0.1, -0.05) is 37.1 Å². The molecule has 1 heterocycles. The van der Waals surface area contributed by atoms with Gasteiger partial charge < -0.3 is 15.1 Å². The third-order valence-corrected chi connectivity index (χ3v) is 7.34. The van der Waals surface area contributed by atoms with Crippen LogP contribution in [0.15, 0.2) is 23.8 Å². The van der Waals surface area contributed by atoms with Gasteiger partial charge in [-0.25, -0.2) is 0 Å². The third kappa shape index (κ3) is 6.45. The second-order valence-electron chi connectivity index (χ2n) is 9.58. The number of rotatable bonds is 10. The molecule has 0 bridgehead atoms. The van der Waals surface area contributed by atoms with Crippen LogP contribution < -0.4 is 0 Å². The van der Waals surface area contributed by atoms with Crippen LogP contribution in [0.2, 0.25) is 0 Å². The highest BCUT2D eigenvalue weighted by Gasteiger charge is 2.43. The second kappa shape index (κ2) is 11.3. The zero-order chi connectivity index (χ0) is 20.6. The lowest BCUT2D eigenvalue weighted by Gasteiger charge is -2.20. The van der Waals surface area contributed by atoms with Crippen molar-refractivity contribution in [1.29, 1.82) is 0 Å². The summed E-state index contributed by atoms with van der Waals surface area (Å²) >= 11 is 0. The molecule has 29 heavy (non-hydrogen) atoms. The van der Waals surface area contributed by atoms with Gasteiger partial charge in [0, 0.05) is 12.3 Å². The van der Waals surface area contributed by atoms with E-state index in [9.17, 15) is 10.2 Å². The zero-order valence-electron chi connectivity index (χ0n) is 18.5. The first-order valence-electron chi connectivity index (χ1n) is 11.9. The molecule has 1 aliphatic heterocycles. The standard InChI is InChI=1S/C26H41NO2/c1-3-4-10-20(2)25(28)13-12-23-24-18-21(17-22(24)19-26(23)29)11-6-5-7-14-27-15-8-9-16-27/h12-13,17,20,22-26,28-29H,5-11,14-16,18-19H2,1-2H3/b13-12+/t20-,22+,23-,24+,25-,26-/m1/s1. The molecule has 0 radical (unpaired) electrons.